The van der Waals surface area contributed by atoms with Crippen LogP contribution in [0.1, 0.15) is 28.4 Å². The number of halogens is 6. The molecule has 2 atom stereocenters. The average Bonchev–Trinajstić information content (AvgIpc) is 2.91. The van der Waals surface area contributed by atoms with E-state index in [1.807, 2.05) is 0 Å². The van der Waals surface area contributed by atoms with Gasteiger partial charge in [-0.2, -0.15) is 13.2 Å². The molecule has 0 bridgehead atoms. The quantitative estimate of drug-likeness (QED) is 0.253. The highest BCUT2D eigenvalue weighted by molar-refractivity contribution is 6.30. The smallest absolute Gasteiger partial charge is 0.395 e. The third-order valence-electron chi connectivity index (χ3n) is 6.63. The Bertz CT molecular complexity index is 1510. The van der Waals surface area contributed by atoms with Gasteiger partial charge in [-0.15, -0.1) is 0 Å². The Labute approximate surface area is 241 Å². The second-order valence-electron chi connectivity index (χ2n) is 9.55. The fraction of sp³-hybridized carbons (Fsp3) is 0.321. The van der Waals surface area contributed by atoms with E-state index in [4.69, 9.17) is 26.8 Å². The second kappa shape index (κ2) is 12.9. The van der Waals surface area contributed by atoms with Crippen molar-refractivity contribution in [2.45, 2.75) is 31.5 Å². The molecule has 0 saturated heterocycles. The summed E-state index contributed by atoms with van der Waals surface area (Å²) < 4.78 is 78.0. The topological polar surface area (TPSA) is 113 Å². The Morgan fingerprint density at radius 1 is 1.12 bits per heavy atom. The molecule has 0 spiro atoms. The van der Waals surface area contributed by atoms with Gasteiger partial charge in [0.2, 0.25) is 11.8 Å². The van der Waals surface area contributed by atoms with Crippen molar-refractivity contribution in [3.8, 4) is 16.9 Å². The largest absolute Gasteiger partial charge is 0.491 e. The molecule has 0 unspecified atom stereocenters. The van der Waals surface area contributed by atoms with Crippen molar-refractivity contribution < 1.29 is 41.0 Å². The lowest BCUT2D eigenvalue weighted by Gasteiger charge is -2.27. The van der Waals surface area contributed by atoms with Crippen molar-refractivity contribution in [3.63, 3.8) is 0 Å². The summed E-state index contributed by atoms with van der Waals surface area (Å²) in [6.07, 6.45) is -6.88. The molecule has 0 radical (unpaired) electrons. The fourth-order valence-corrected chi connectivity index (χ4v) is 4.68. The highest BCUT2D eigenvalue weighted by Crippen LogP contribution is 2.40. The van der Waals surface area contributed by atoms with Crippen LogP contribution >= 0.6 is 11.6 Å². The van der Waals surface area contributed by atoms with E-state index in [0.717, 1.165) is 16.8 Å². The summed E-state index contributed by atoms with van der Waals surface area (Å²) in [4.78, 5) is 38.1. The number of primary amides is 1. The Morgan fingerprint density at radius 3 is 2.48 bits per heavy atom. The normalized spacial score (nSPS) is 15.5. The number of anilines is 1. The molecule has 2 amide bonds. The predicted molar refractivity (Wildman–Crippen MR) is 144 cm³/mol. The van der Waals surface area contributed by atoms with Crippen LogP contribution in [0, 0.1) is 5.92 Å². The Balaban J connectivity index is 1.74. The molecule has 3 N–H and O–H groups in total. The number of nitrogens with one attached hydrogen (secondary N) is 1. The third-order valence-corrected chi connectivity index (χ3v) is 6.87. The van der Waals surface area contributed by atoms with Crippen LogP contribution in [-0.2, 0) is 16.0 Å². The SMILES string of the molecule is NC(=O)c1ccc(NC(=O)[C@H](CCOCC(F)F)n2cc3c(cc2=O)-c2cc(Cl)ccc2C[C@@H](C(F)(F)F)CO3)cc1. The molecule has 2 heterocycles. The molecule has 1 aliphatic rings. The molecular weight excluding hydrogens is 589 g/mol. The van der Waals surface area contributed by atoms with Crippen LogP contribution in [0.3, 0.4) is 0 Å². The van der Waals surface area contributed by atoms with Gasteiger partial charge < -0.3 is 20.5 Å². The summed E-state index contributed by atoms with van der Waals surface area (Å²) in [7, 11) is 0. The molecule has 3 aromatic rings. The van der Waals surface area contributed by atoms with Crippen LogP contribution in [0.4, 0.5) is 27.6 Å². The lowest BCUT2D eigenvalue weighted by atomic mass is 9.91. The minimum atomic E-state index is -4.59. The molecule has 42 heavy (non-hydrogen) atoms. The number of nitrogens with zero attached hydrogens (tertiary/aromatic N) is 1. The Hall–Kier alpha value is -3.97. The first-order valence-electron chi connectivity index (χ1n) is 12.6. The van der Waals surface area contributed by atoms with E-state index in [-0.39, 0.29) is 46.2 Å². The van der Waals surface area contributed by atoms with Crippen LogP contribution in [-0.4, -0.2) is 48.8 Å². The van der Waals surface area contributed by atoms with Crippen molar-refractivity contribution in [2.75, 3.05) is 25.1 Å². The predicted octanol–water partition coefficient (Wildman–Crippen LogP) is 5.23. The maximum atomic E-state index is 13.8. The van der Waals surface area contributed by atoms with E-state index in [2.05, 4.69) is 5.32 Å². The van der Waals surface area contributed by atoms with Crippen LogP contribution in [0.25, 0.3) is 11.1 Å². The molecule has 224 valence electrons. The van der Waals surface area contributed by atoms with Crippen molar-refractivity contribution in [3.05, 3.63) is 81.2 Å². The highest BCUT2D eigenvalue weighted by atomic mass is 35.5. The number of pyridine rings is 1. The maximum absolute atomic E-state index is 13.8. The number of alkyl halides is 5. The zero-order valence-corrected chi connectivity index (χ0v) is 22.6. The molecular formula is C28H25ClF5N3O5. The zero-order chi connectivity index (χ0) is 30.6. The standard InChI is InChI=1S/C28H25ClF5N3O5/c29-18-4-1-16-9-17(28(32,33)34)13-42-23-12-37(25(38)11-21(23)20(16)10-18)22(7-8-41-14-24(30)31)27(40)36-19-5-2-15(3-6-19)26(35)39/h1-6,10-12,17,22,24H,7-9,13-14H2,(H2,35,39)(H,36,40)/t17-,22+/m1/s1. The highest BCUT2D eigenvalue weighted by Gasteiger charge is 2.41. The van der Waals surface area contributed by atoms with Crippen molar-refractivity contribution in [2.24, 2.45) is 11.7 Å². The lowest BCUT2D eigenvalue weighted by molar-refractivity contribution is -0.181. The van der Waals surface area contributed by atoms with Crippen LogP contribution in [0.2, 0.25) is 5.02 Å². The molecule has 8 nitrogen and oxygen atoms in total. The van der Waals surface area contributed by atoms with Gasteiger partial charge in [0.1, 0.15) is 25.0 Å². The number of benzene rings is 2. The van der Waals surface area contributed by atoms with Gasteiger partial charge in [0, 0.05) is 40.9 Å². The van der Waals surface area contributed by atoms with Crippen molar-refractivity contribution in [1.82, 2.24) is 4.57 Å². The van der Waals surface area contributed by atoms with E-state index in [0.29, 0.717) is 5.56 Å². The van der Waals surface area contributed by atoms with Crippen molar-refractivity contribution in [1.29, 1.82) is 0 Å². The molecule has 2 aromatic carbocycles. The number of aromatic nitrogens is 1. The zero-order valence-electron chi connectivity index (χ0n) is 21.8. The Morgan fingerprint density at radius 2 is 1.83 bits per heavy atom. The number of rotatable bonds is 9. The van der Waals surface area contributed by atoms with E-state index < -0.39 is 61.6 Å². The summed E-state index contributed by atoms with van der Waals surface area (Å²) in [5.41, 5.74) is 5.68. The molecule has 4 rings (SSSR count). The van der Waals surface area contributed by atoms with Gasteiger partial charge in [0.05, 0.1) is 12.1 Å². The third kappa shape index (κ3) is 7.45. The van der Waals surface area contributed by atoms with Gasteiger partial charge in [0.25, 0.3) is 12.0 Å². The summed E-state index contributed by atoms with van der Waals surface area (Å²) >= 11 is 6.13. The molecule has 0 aliphatic carbocycles. The number of carbonyl (C=O) groups is 2. The summed E-state index contributed by atoms with van der Waals surface area (Å²) in [5, 5.41) is 2.80. The molecule has 0 fully saturated rings. The Kier molecular flexibility index (Phi) is 9.52. The van der Waals surface area contributed by atoms with Gasteiger partial charge in [-0.1, -0.05) is 17.7 Å². The molecule has 14 heteroatoms. The van der Waals surface area contributed by atoms with Crippen LogP contribution < -0.4 is 21.3 Å². The maximum Gasteiger partial charge on any atom is 0.395 e. The molecule has 1 aliphatic heterocycles. The first-order valence-corrected chi connectivity index (χ1v) is 13.0. The summed E-state index contributed by atoms with van der Waals surface area (Å²) in [6.45, 7) is -2.00. The van der Waals surface area contributed by atoms with Gasteiger partial charge >= 0.3 is 6.18 Å². The number of hydrogen-bond donors (Lipinski definition) is 2. The lowest BCUT2D eigenvalue weighted by Crippen LogP contribution is -2.35. The monoisotopic (exact) mass is 613 g/mol. The second-order valence-corrected chi connectivity index (χ2v) is 9.99. The average molecular weight is 614 g/mol. The first-order chi connectivity index (χ1) is 19.8. The first kappa shape index (κ1) is 31.0. The van der Waals surface area contributed by atoms with E-state index in [9.17, 15) is 36.3 Å². The van der Waals surface area contributed by atoms with Crippen molar-refractivity contribution >= 4 is 29.1 Å². The number of ether oxygens (including phenoxy) is 2. The minimum Gasteiger partial charge on any atom is -0.491 e. The van der Waals surface area contributed by atoms with Crippen LogP contribution in [0.5, 0.6) is 5.75 Å². The number of hydrogen-bond acceptors (Lipinski definition) is 5. The molecule has 0 saturated carbocycles. The number of carbonyl (C=O) groups excluding carboxylic acids is 2. The van der Waals surface area contributed by atoms with Gasteiger partial charge in [0.15, 0.2) is 0 Å². The minimum absolute atomic E-state index is 0.107. The van der Waals surface area contributed by atoms with E-state index >= 15 is 0 Å². The summed E-state index contributed by atoms with van der Waals surface area (Å²) in [6, 6.07) is 9.64. The van der Waals surface area contributed by atoms with Gasteiger partial charge in [-0.25, -0.2) is 8.78 Å². The van der Waals surface area contributed by atoms with Crippen LogP contribution in [0.15, 0.2) is 59.5 Å². The number of amides is 2. The number of nitrogens with two attached hydrogens (primary N) is 1. The van der Waals surface area contributed by atoms with E-state index in [1.54, 1.807) is 0 Å². The number of fused-ring (bicyclic) bond motifs is 3. The van der Waals surface area contributed by atoms with Gasteiger partial charge in [-0.3, -0.25) is 19.0 Å². The fourth-order valence-electron chi connectivity index (χ4n) is 4.51. The van der Waals surface area contributed by atoms with Gasteiger partial charge in [-0.05, 0) is 53.9 Å². The molecule has 1 aromatic heterocycles. The summed E-state index contributed by atoms with van der Waals surface area (Å²) in [5.74, 6) is -3.42. The van der Waals surface area contributed by atoms with E-state index in [1.165, 1.54) is 42.5 Å².